The SMILES string of the molecule is O=C(O)C1=CC2=C3CCCCC3CCC2C2=C1C1=CCCCC1CC2. The Labute approximate surface area is 150 Å². The van der Waals surface area contributed by atoms with Crippen LogP contribution in [0, 0.1) is 17.8 Å². The summed E-state index contributed by atoms with van der Waals surface area (Å²) in [5.41, 5.74) is 7.67. The number of carboxylic acid groups (broad SMARTS) is 1. The molecule has 0 aliphatic heterocycles. The second kappa shape index (κ2) is 6.00. The number of rotatable bonds is 1. The van der Waals surface area contributed by atoms with Crippen LogP contribution in [0.3, 0.4) is 0 Å². The van der Waals surface area contributed by atoms with Crippen molar-refractivity contribution in [1.29, 1.82) is 0 Å². The maximum atomic E-state index is 12.2. The Morgan fingerprint density at radius 2 is 1.80 bits per heavy atom. The van der Waals surface area contributed by atoms with E-state index in [1.165, 1.54) is 74.5 Å². The Morgan fingerprint density at radius 1 is 0.920 bits per heavy atom. The molecule has 0 bridgehead atoms. The molecule has 0 aromatic carbocycles. The molecular formula is C23H28O2. The van der Waals surface area contributed by atoms with Gasteiger partial charge in [0.15, 0.2) is 0 Å². The quantitative estimate of drug-likeness (QED) is 0.664. The first-order chi connectivity index (χ1) is 12.2. The number of allylic oxidation sites excluding steroid dienone is 6. The molecule has 0 spiro atoms. The molecule has 0 aromatic rings. The molecule has 0 heterocycles. The van der Waals surface area contributed by atoms with Gasteiger partial charge in [-0.05, 0) is 98.8 Å². The van der Waals surface area contributed by atoms with Crippen LogP contribution >= 0.6 is 0 Å². The minimum Gasteiger partial charge on any atom is -0.478 e. The minimum atomic E-state index is -0.718. The fourth-order valence-corrected chi connectivity index (χ4v) is 6.35. The van der Waals surface area contributed by atoms with Crippen molar-refractivity contribution in [1.82, 2.24) is 0 Å². The minimum absolute atomic E-state index is 0.520. The van der Waals surface area contributed by atoms with E-state index in [1.54, 1.807) is 5.57 Å². The summed E-state index contributed by atoms with van der Waals surface area (Å²) < 4.78 is 0. The van der Waals surface area contributed by atoms with Crippen LogP contribution in [-0.2, 0) is 4.79 Å². The fourth-order valence-electron chi connectivity index (χ4n) is 6.35. The van der Waals surface area contributed by atoms with Gasteiger partial charge in [0.25, 0.3) is 0 Å². The van der Waals surface area contributed by atoms with Crippen molar-refractivity contribution in [2.24, 2.45) is 17.8 Å². The summed E-state index contributed by atoms with van der Waals surface area (Å²) in [4.78, 5) is 12.2. The Bertz CT molecular complexity index is 746. The van der Waals surface area contributed by atoms with Gasteiger partial charge in [-0.15, -0.1) is 0 Å². The molecule has 0 amide bonds. The lowest BCUT2D eigenvalue weighted by Crippen LogP contribution is -2.31. The summed E-state index contributed by atoms with van der Waals surface area (Å²) in [5, 5.41) is 10.0. The zero-order valence-corrected chi connectivity index (χ0v) is 15.0. The van der Waals surface area contributed by atoms with E-state index in [2.05, 4.69) is 12.2 Å². The fraction of sp³-hybridized carbons (Fsp3) is 0.609. The van der Waals surface area contributed by atoms with Gasteiger partial charge in [-0.2, -0.15) is 0 Å². The van der Waals surface area contributed by atoms with Gasteiger partial charge in [-0.3, -0.25) is 0 Å². The van der Waals surface area contributed by atoms with Crippen molar-refractivity contribution in [3.63, 3.8) is 0 Å². The van der Waals surface area contributed by atoms with Crippen molar-refractivity contribution in [2.75, 3.05) is 0 Å². The Kier molecular flexibility index (Phi) is 3.76. The molecule has 2 heteroatoms. The number of hydrogen-bond donors (Lipinski definition) is 1. The van der Waals surface area contributed by atoms with E-state index in [-0.39, 0.29) is 0 Å². The Balaban J connectivity index is 1.68. The van der Waals surface area contributed by atoms with Crippen LogP contribution in [0.5, 0.6) is 0 Å². The molecule has 0 aromatic heterocycles. The number of aliphatic carboxylic acids is 1. The molecule has 132 valence electrons. The predicted molar refractivity (Wildman–Crippen MR) is 99.1 cm³/mol. The summed E-state index contributed by atoms with van der Waals surface area (Å²) >= 11 is 0. The average Bonchev–Trinajstić information content (AvgIpc) is 2.66. The van der Waals surface area contributed by atoms with E-state index >= 15 is 0 Å². The summed E-state index contributed by atoms with van der Waals surface area (Å²) in [6, 6.07) is 0. The second-order valence-electron chi connectivity index (χ2n) is 8.64. The molecule has 25 heavy (non-hydrogen) atoms. The van der Waals surface area contributed by atoms with Gasteiger partial charge in [0.1, 0.15) is 0 Å². The molecule has 5 rings (SSSR count). The number of carbonyl (C=O) groups is 1. The first-order valence-corrected chi connectivity index (χ1v) is 10.4. The van der Waals surface area contributed by atoms with E-state index in [0.717, 1.165) is 24.3 Å². The van der Waals surface area contributed by atoms with Gasteiger partial charge in [0.2, 0.25) is 0 Å². The zero-order chi connectivity index (χ0) is 17.0. The lowest BCUT2D eigenvalue weighted by molar-refractivity contribution is -0.132. The molecule has 1 fully saturated rings. The summed E-state index contributed by atoms with van der Waals surface area (Å²) in [6.45, 7) is 0. The standard InChI is InChI=1S/C23H28O2/c24-23(25)21-13-20-16-7-3-1-5-14(16)9-11-18(20)19-12-10-15-6-2-4-8-17(15)22(19)21/h8,13-15,18H,1-7,9-12H2,(H,24,25). The molecular weight excluding hydrogens is 308 g/mol. The molecule has 1 N–H and O–H groups in total. The molecule has 0 radical (unpaired) electrons. The van der Waals surface area contributed by atoms with Crippen LogP contribution in [0.4, 0.5) is 0 Å². The molecule has 1 saturated carbocycles. The first kappa shape index (κ1) is 15.7. The molecule has 5 aliphatic rings. The van der Waals surface area contributed by atoms with Crippen molar-refractivity contribution < 1.29 is 9.90 Å². The third kappa shape index (κ3) is 2.40. The van der Waals surface area contributed by atoms with Gasteiger partial charge >= 0.3 is 5.97 Å². The lowest BCUT2D eigenvalue weighted by Gasteiger charge is -2.43. The van der Waals surface area contributed by atoms with Gasteiger partial charge in [-0.25, -0.2) is 4.79 Å². The summed E-state index contributed by atoms with van der Waals surface area (Å²) in [5.74, 6) is 1.14. The summed E-state index contributed by atoms with van der Waals surface area (Å²) in [7, 11) is 0. The second-order valence-corrected chi connectivity index (χ2v) is 8.64. The van der Waals surface area contributed by atoms with Gasteiger partial charge in [0, 0.05) is 5.92 Å². The van der Waals surface area contributed by atoms with Gasteiger partial charge in [-0.1, -0.05) is 23.6 Å². The maximum Gasteiger partial charge on any atom is 0.336 e. The monoisotopic (exact) mass is 336 g/mol. The average molecular weight is 336 g/mol. The highest BCUT2D eigenvalue weighted by Gasteiger charge is 2.41. The first-order valence-electron chi connectivity index (χ1n) is 10.4. The largest absolute Gasteiger partial charge is 0.478 e. The maximum absolute atomic E-state index is 12.2. The summed E-state index contributed by atoms with van der Waals surface area (Å²) in [6.07, 6.45) is 18.2. The lowest BCUT2D eigenvalue weighted by atomic mass is 9.61. The van der Waals surface area contributed by atoms with Crippen LogP contribution in [0.15, 0.2) is 45.6 Å². The third-order valence-corrected chi connectivity index (χ3v) is 7.44. The van der Waals surface area contributed by atoms with Crippen LogP contribution in [-0.4, -0.2) is 11.1 Å². The molecule has 3 atom stereocenters. The predicted octanol–water partition coefficient (Wildman–Crippen LogP) is 5.72. The van der Waals surface area contributed by atoms with Crippen molar-refractivity contribution in [3.05, 3.63) is 45.6 Å². The zero-order valence-electron chi connectivity index (χ0n) is 15.0. The number of carboxylic acids is 1. The van der Waals surface area contributed by atoms with Crippen LogP contribution in [0.2, 0.25) is 0 Å². The van der Waals surface area contributed by atoms with E-state index in [9.17, 15) is 9.90 Å². The topological polar surface area (TPSA) is 37.3 Å². The number of hydrogen-bond acceptors (Lipinski definition) is 1. The normalized spacial score (nSPS) is 34.3. The molecule has 0 saturated heterocycles. The van der Waals surface area contributed by atoms with E-state index in [4.69, 9.17) is 0 Å². The highest BCUT2D eigenvalue weighted by atomic mass is 16.4. The molecule has 3 unspecified atom stereocenters. The van der Waals surface area contributed by atoms with Crippen LogP contribution < -0.4 is 0 Å². The Hall–Kier alpha value is -1.57. The highest BCUT2D eigenvalue weighted by Crippen LogP contribution is 2.54. The number of fused-ring (bicyclic) bond motifs is 5. The van der Waals surface area contributed by atoms with E-state index < -0.39 is 5.97 Å². The molecule has 2 nitrogen and oxygen atoms in total. The van der Waals surface area contributed by atoms with Gasteiger partial charge < -0.3 is 5.11 Å². The van der Waals surface area contributed by atoms with Gasteiger partial charge in [0.05, 0.1) is 5.57 Å². The van der Waals surface area contributed by atoms with Crippen LogP contribution in [0.25, 0.3) is 0 Å². The van der Waals surface area contributed by atoms with Crippen molar-refractivity contribution in [2.45, 2.75) is 70.6 Å². The van der Waals surface area contributed by atoms with Crippen LogP contribution in [0.1, 0.15) is 70.6 Å². The smallest absolute Gasteiger partial charge is 0.336 e. The van der Waals surface area contributed by atoms with Crippen molar-refractivity contribution in [3.8, 4) is 0 Å². The van der Waals surface area contributed by atoms with E-state index in [1.807, 2.05) is 0 Å². The molecule has 5 aliphatic carbocycles. The van der Waals surface area contributed by atoms with Crippen molar-refractivity contribution >= 4 is 5.97 Å². The van der Waals surface area contributed by atoms with E-state index in [0.29, 0.717) is 17.4 Å². The highest BCUT2D eigenvalue weighted by molar-refractivity contribution is 5.96. The Morgan fingerprint density at radius 3 is 2.68 bits per heavy atom. The third-order valence-electron chi connectivity index (χ3n) is 7.44.